The highest BCUT2D eigenvalue weighted by molar-refractivity contribution is 7.29. The average Bonchev–Trinajstić information content (AvgIpc) is 3.83. The Morgan fingerprint density at radius 2 is 1.26 bits per heavy atom. The number of hydrogen-bond donors (Lipinski definition) is 0. The topological polar surface area (TPSA) is 25.8 Å². The summed E-state index contributed by atoms with van der Waals surface area (Å²) in [5.41, 5.74) is 7.81. The van der Waals surface area contributed by atoms with Crippen LogP contribution < -0.4 is 0 Å². The molecule has 3 aromatic heterocycles. The van der Waals surface area contributed by atoms with Gasteiger partial charge < -0.3 is 0 Å². The number of hydrogen-bond acceptors (Lipinski definition) is 5. The SMILES string of the molecule is CCCCC(CC)CCc1ccc(-c2ccc(-c3ccc(-c4cc5sc(CC(CC)CCCC)cc5s4)c4nsnc34)cc2)c(F)c1. The Kier molecular flexibility index (Phi) is 11.5. The summed E-state index contributed by atoms with van der Waals surface area (Å²) >= 11 is 5.09. The molecule has 0 aliphatic rings. The van der Waals surface area contributed by atoms with Gasteiger partial charge in [-0.1, -0.05) is 128 Å². The van der Waals surface area contributed by atoms with Crippen molar-refractivity contribution in [3.05, 3.63) is 83.0 Å². The van der Waals surface area contributed by atoms with E-state index >= 15 is 4.39 Å². The quantitative estimate of drug-likeness (QED) is 0.102. The second kappa shape index (κ2) is 16.0. The van der Waals surface area contributed by atoms with Crippen LogP contribution in [-0.2, 0) is 12.8 Å². The normalized spacial score (nSPS) is 13.1. The van der Waals surface area contributed by atoms with E-state index in [0.717, 1.165) is 63.5 Å². The van der Waals surface area contributed by atoms with Crippen LogP contribution in [0.3, 0.4) is 0 Å². The Bertz CT molecular complexity index is 1870. The van der Waals surface area contributed by atoms with Crippen LogP contribution in [0.2, 0.25) is 0 Å². The van der Waals surface area contributed by atoms with Gasteiger partial charge in [0.1, 0.15) is 16.9 Å². The van der Waals surface area contributed by atoms with Gasteiger partial charge in [0.2, 0.25) is 0 Å². The van der Waals surface area contributed by atoms with Crippen molar-refractivity contribution in [3.63, 3.8) is 0 Å². The number of aryl methyl sites for hydroxylation is 1. The third-order valence-corrected chi connectivity index (χ3v) is 12.8. The highest BCUT2D eigenvalue weighted by Crippen LogP contribution is 2.43. The van der Waals surface area contributed by atoms with E-state index in [1.807, 2.05) is 40.9 Å². The van der Waals surface area contributed by atoms with Crippen molar-refractivity contribution in [3.8, 4) is 32.7 Å². The van der Waals surface area contributed by atoms with E-state index in [1.165, 1.54) is 88.7 Å². The Morgan fingerprint density at radius 3 is 1.91 bits per heavy atom. The van der Waals surface area contributed by atoms with Gasteiger partial charge in [-0.2, -0.15) is 8.75 Å². The molecule has 0 fully saturated rings. The molecule has 2 atom stereocenters. The first kappa shape index (κ1) is 34.0. The molecule has 6 rings (SSSR count). The third kappa shape index (κ3) is 7.87. The number of benzene rings is 3. The smallest absolute Gasteiger partial charge is 0.131 e. The van der Waals surface area contributed by atoms with Crippen molar-refractivity contribution < 1.29 is 4.39 Å². The minimum atomic E-state index is -0.142. The van der Waals surface area contributed by atoms with Gasteiger partial charge in [0.05, 0.1) is 11.7 Å². The zero-order valence-corrected chi connectivity index (χ0v) is 30.7. The molecule has 2 unspecified atom stereocenters. The lowest BCUT2D eigenvalue weighted by Crippen LogP contribution is -2.01. The van der Waals surface area contributed by atoms with E-state index in [4.69, 9.17) is 8.75 Å². The number of halogens is 1. The molecule has 2 nitrogen and oxygen atoms in total. The van der Waals surface area contributed by atoms with Gasteiger partial charge in [0, 0.05) is 35.8 Å². The molecule has 0 N–H and O–H groups in total. The molecule has 47 heavy (non-hydrogen) atoms. The number of nitrogens with zero attached hydrogens (tertiary/aromatic N) is 2. The second-order valence-corrected chi connectivity index (χ2v) is 15.9. The van der Waals surface area contributed by atoms with Crippen molar-refractivity contribution in [1.29, 1.82) is 0 Å². The second-order valence-electron chi connectivity index (χ2n) is 13.1. The lowest BCUT2D eigenvalue weighted by molar-refractivity contribution is 0.421. The largest absolute Gasteiger partial charge is 0.206 e. The summed E-state index contributed by atoms with van der Waals surface area (Å²) < 4.78 is 27.6. The monoisotopic (exact) mass is 682 g/mol. The Balaban J connectivity index is 1.18. The van der Waals surface area contributed by atoms with Crippen molar-refractivity contribution >= 4 is 54.8 Å². The molecule has 0 saturated carbocycles. The number of fused-ring (bicyclic) bond motifs is 2. The summed E-state index contributed by atoms with van der Waals surface area (Å²) in [4.78, 5) is 2.76. The molecule has 6 heteroatoms. The first-order valence-corrected chi connectivity index (χ1v) is 20.0. The van der Waals surface area contributed by atoms with Crippen molar-refractivity contribution in [2.45, 2.75) is 98.3 Å². The maximum atomic E-state index is 15.3. The lowest BCUT2D eigenvalue weighted by Gasteiger charge is -2.14. The molecule has 0 radical (unpaired) electrons. The highest BCUT2D eigenvalue weighted by Gasteiger charge is 2.18. The van der Waals surface area contributed by atoms with Crippen molar-refractivity contribution in [2.24, 2.45) is 11.8 Å². The van der Waals surface area contributed by atoms with Gasteiger partial charge in [-0.05, 0) is 66.0 Å². The number of rotatable bonds is 16. The van der Waals surface area contributed by atoms with E-state index < -0.39 is 0 Å². The van der Waals surface area contributed by atoms with Crippen LogP contribution in [0.4, 0.5) is 4.39 Å². The zero-order chi connectivity index (χ0) is 32.8. The van der Waals surface area contributed by atoms with Gasteiger partial charge in [0.15, 0.2) is 0 Å². The number of unbranched alkanes of at least 4 members (excludes halogenated alkanes) is 2. The Labute approximate surface area is 292 Å². The summed E-state index contributed by atoms with van der Waals surface area (Å²) in [6.07, 6.45) is 13.4. The molecule has 0 aliphatic heterocycles. The minimum absolute atomic E-state index is 0.142. The molecular weight excluding hydrogens is 636 g/mol. The number of aromatic nitrogens is 2. The van der Waals surface area contributed by atoms with Crippen LogP contribution in [0.5, 0.6) is 0 Å². The van der Waals surface area contributed by atoms with Gasteiger partial charge in [0.25, 0.3) is 0 Å². The van der Waals surface area contributed by atoms with E-state index in [1.54, 1.807) is 6.07 Å². The predicted octanol–water partition coefficient (Wildman–Crippen LogP) is 14.0. The van der Waals surface area contributed by atoms with Gasteiger partial charge in [-0.3, -0.25) is 0 Å². The minimum Gasteiger partial charge on any atom is -0.206 e. The molecular formula is C41H47FN2S3. The maximum absolute atomic E-state index is 15.3. The van der Waals surface area contributed by atoms with Gasteiger partial charge >= 0.3 is 0 Å². The lowest BCUT2D eigenvalue weighted by atomic mass is 9.91. The Morgan fingerprint density at radius 1 is 0.638 bits per heavy atom. The molecule has 3 aromatic carbocycles. The highest BCUT2D eigenvalue weighted by atomic mass is 32.1. The fraction of sp³-hybridized carbons (Fsp3) is 0.415. The summed E-state index contributed by atoms with van der Waals surface area (Å²) in [5, 5.41) is 0. The summed E-state index contributed by atoms with van der Waals surface area (Å²) in [5.74, 6) is 1.37. The zero-order valence-electron chi connectivity index (χ0n) is 28.3. The maximum Gasteiger partial charge on any atom is 0.131 e. The van der Waals surface area contributed by atoms with Gasteiger partial charge in [-0.25, -0.2) is 4.39 Å². The van der Waals surface area contributed by atoms with Crippen molar-refractivity contribution in [2.75, 3.05) is 0 Å². The summed E-state index contributed by atoms with van der Waals surface area (Å²) in [6.45, 7) is 9.14. The fourth-order valence-electron chi connectivity index (χ4n) is 6.84. The Hall–Kier alpha value is -2.93. The predicted molar refractivity (Wildman–Crippen MR) is 206 cm³/mol. The summed E-state index contributed by atoms with van der Waals surface area (Å²) in [6, 6.07) is 23.2. The molecule has 0 aliphatic carbocycles. The van der Waals surface area contributed by atoms with Crippen LogP contribution >= 0.6 is 34.4 Å². The molecule has 0 saturated heterocycles. The molecule has 3 heterocycles. The first-order valence-electron chi connectivity index (χ1n) is 17.7. The van der Waals surface area contributed by atoms with Crippen LogP contribution in [0, 0.1) is 17.7 Å². The van der Waals surface area contributed by atoms with E-state index in [9.17, 15) is 0 Å². The molecule has 6 aromatic rings. The fourth-order valence-corrected chi connectivity index (χ4v) is 9.98. The van der Waals surface area contributed by atoms with Crippen molar-refractivity contribution in [1.82, 2.24) is 8.75 Å². The van der Waals surface area contributed by atoms with Crippen LogP contribution in [0.1, 0.15) is 95.9 Å². The molecule has 0 amide bonds. The number of thiophene rings is 2. The van der Waals surface area contributed by atoms with Crippen LogP contribution in [-0.4, -0.2) is 8.75 Å². The summed E-state index contributed by atoms with van der Waals surface area (Å²) in [7, 11) is 0. The van der Waals surface area contributed by atoms with E-state index in [0.29, 0.717) is 5.56 Å². The molecule has 0 spiro atoms. The first-order chi connectivity index (χ1) is 23.0. The molecule has 246 valence electrons. The standard InChI is InChI=1S/C41H47FN2S3/c1-5-9-11-27(7-3)13-14-29-15-20-33(36(42)24-29)30-16-18-31(19-17-30)34-21-22-35(41-40(34)43-47-44-41)37-26-39-38(46-37)25-32(45-39)23-28(8-4)12-10-6-2/h15-22,24-28H,5-14,23H2,1-4H3. The van der Waals surface area contributed by atoms with Crippen LogP contribution in [0.25, 0.3) is 53.1 Å². The van der Waals surface area contributed by atoms with E-state index in [-0.39, 0.29) is 5.82 Å². The molecule has 0 bridgehead atoms. The van der Waals surface area contributed by atoms with Gasteiger partial charge in [-0.15, -0.1) is 22.7 Å². The van der Waals surface area contributed by atoms with E-state index in [2.05, 4.69) is 70.2 Å². The average molecular weight is 683 g/mol. The third-order valence-electron chi connectivity index (χ3n) is 9.90. The van der Waals surface area contributed by atoms with Crippen LogP contribution in [0.15, 0.2) is 66.7 Å².